The van der Waals surface area contributed by atoms with Crippen molar-refractivity contribution in [3.05, 3.63) is 192 Å². The molecule has 0 amide bonds. The van der Waals surface area contributed by atoms with Crippen molar-refractivity contribution in [1.82, 2.24) is 30.4 Å². The van der Waals surface area contributed by atoms with Gasteiger partial charge in [-0.2, -0.15) is 0 Å². The summed E-state index contributed by atoms with van der Waals surface area (Å²) < 4.78 is 0. The van der Waals surface area contributed by atoms with Gasteiger partial charge in [-0.1, -0.05) is 166 Å². The number of benzene rings is 6. The molecular formula is C56H40N6S2. The van der Waals surface area contributed by atoms with Crippen molar-refractivity contribution in [3.63, 3.8) is 0 Å². The fourth-order valence-electron chi connectivity index (χ4n) is 9.72. The monoisotopic (exact) mass is 860 g/mol. The van der Waals surface area contributed by atoms with Crippen molar-refractivity contribution in [3.8, 4) is 98.4 Å². The van der Waals surface area contributed by atoms with Gasteiger partial charge in [0.05, 0.1) is 11.4 Å². The van der Waals surface area contributed by atoms with Crippen molar-refractivity contribution < 1.29 is 0 Å². The molecule has 64 heavy (non-hydrogen) atoms. The summed E-state index contributed by atoms with van der Waals surface area (Å²) in [7, 11) is 0. The first-order chi connectivity index (χ1) is 31.2. The summed E-state index contributed by atoms with van der Waals surface area (Å²) in [6, 6.07) is 60.2. The highest BCUT2D eigenvalue weighted by Crippen LogP contribution is 2.51. The van der Waals surface area contributed by atoms with Crippen LogP contribution < -0.4 is 0 Å². The molecule has 0 bridgehead atoms. The van der Waals surface area contributed by atoms with Gasteiger partial charge in [0.2, 0.25) is 0 Å². The van der Waals surface area contributed by atoms with Gasteiger partial charge in [0.1, 0.15) is 21.4 Å². The lowest BCUT2D eigenvalue weighted by atomic mass is 9.82. The Labute approximate surface area is 380 Å². The van der Waals surface area contributed by atoms with Gasteiger partial charge in [0, 0.05) is 33.1 Å². The van der Waals surface area contributed by atoms with Crippen LogP contribution in [0, 0.1) is 0 Å². The van der Waals surface area contributed by atoms with Crippen LogP contribution in [0.3, 0.4) is 0 Å². The van der Waals surface area contributed by atoms with E-state index in [-0.39, 0.29) is 10.8 Å². The third kappa shape index (κ3) is 6.27. The van der Waals surface area contributed by atoms with Gasteiger partial charge in [0.25, 0.3) is 0 Å². The molecule has 2 aliphatic rings. The Kier molecular flexibility index (Phi) is 8.80. The first-order valence-electron chi connectivity index (χ1n) is 21.5. The van der Waals surface area contributed by atoms with Gasteiger partial charge in [-0.25, -0.2) is 9.97 Å². The summed E-state index contributed by atoms with van der Waals surface area (Å²) in [5, 5.41) is 22.0. The first kappa shape index (κ1) is 38.4. The van der Waals surface area contributed by atoms with Crippen LogP contribution in [0.4, 0.5) is 0 Å². The van der Waals surface area contributed by atoms with Crippen LogP contribution in [0.25, 0.3) is 98.4 Å². The summed E-state index contributed by atoms with van der Waals surface area (Å²) in [6.07, 6.45) is 0. The second-order valence-corrected chi connectivity index (χ2v) is 19.6. The van der Waals surface area contributed by atoms with E-state index in [1.54, 1.807) is 22.7 Å². The minimum absolute atomic E-state index is 0.0893. The normalized spacial score (nSPS) is 13.9. The van der Waals surface area contributed by atoms with E-state index in [1.807, 2.05) is 18.2 Å². The number of hydrogen-bond acceptors (Lipinski definition) is 8. The topological polar surface area (TPSA) is 77.3 Å². The van der Waals surface area contributed by atoms with Crippen LogP contribution in [0.15, 0.2) is 170 Å². The smallest absolute Gasteiger partial charge is 0.166 e. The molecule has 4 heterocycles. The Hall–Kier alpha value is -7.26. The molecule has 10 aromatic rings. The highest BCUT2D eigenvalue weighted by atomic mass is 32.1. The largest absolute Gasteiger partial charge is 0.245 e. The molecule has 306 valence electrons. The van der Waals surface area contributed by atoms with Crippen LogP contribution in [-0.4, -0.2) is 30.4 Å². The van der Waals surface area contributed by atoms with Crippen molar-refractivity contribution in [2.75, 3.05) is 0 Å². The fourth-order valence-corrected chi connectivity index (χ4v) is 11.3. The molecule has 4 aromatic heterocycles. The van der Waals surface area contributed by atoms with E-state index in [2.05, 4.69) is 179 Å². The average molecular weight is 861 g/mol. The number of hydrogen-bond donors (Lipinski definition) is 0. The number of aromatic nitrogens is 6. The molecule has 8 heteroatoms. The summed E-state index contributed by atoms with van der Waals surface area (Å²) in [4.78, 5) is 10.3. The molecule has 0 saturated carbocycles. The van der Waals surface area contributed by atoms with E-state index in [0.717, 1.165) is 76.2 Å². The Morgan fingerprint density at radius 2 is 0.703 bits per heavy atom. The minimum atomic E-state index is -0.0893. The molecule has 0 radical (unpaired) electrons. The summed E-state index contributed by atoms with van der Waals surface area (Å²) in [5.41, 5.74) is 20.1. The summed E-state index contributed by atoms with van der Waals surface area (Å²) in [5.74, 6) is 0. The van der Waals surface area contributed by atoms with Crippen LogP contribution >= 0.6 is 22.7 Å². The standard InChI is InChI=1S/C56H40N6S2/c1-55(2)43-18-10-8-16-39(43)41-26-24-34(31-45(41)55)47-20-12-22-49(57-47)53-61-59-51(63-53)37-28-36(33-14-6-5-7-15-33)29-38(30-37)52-60-62-54(64-52)50-23-13-21-48(58-50)35-25-27-42-40-17-9-11-19-44(40)56(3,4)46(42)32-35/h5-32H,1-4H3. The van der Waals surface area contributed by atoms with E-state index < -0.39 is 0 Å². The average Bonchev–Trinajstić information content (AvgIpc) is 4.14. The lowest BCUT2D eigenvalue weighted by Gasteiger charge is -2.21. The molecule has 2 aliphatic carbocycles. The zero-order valence-electron chi connectivity index (χ0n) is 35.7. The van der Waals surface area contributed by atoms with Crippen LogP contribution in [0.5, 0.6) is 0 Å². The fraction of sp³-hybridized carbons (Fsp3) is 0.107. The van der Waals surface area contributed by atoms with Gasteiger partial charge in [-0.3, -0.25) is 0 Å². The van der Waals surface area contributed by atoms with Crippen molar-refractivity contribution in [2.45, 2.75) is 38.5 Å². The maximum atomic E-state index is 5.15. The molecule has 0 N–H and O–H groups in total. The Balaban J connectivity index is 0.861. The molecule has 0 fully saturated rings. The minimum Gasteiger partial charge on any atom is -0.245 e. The summed E-state index contributed by atoms with van der Waals surface area (Å²) >= 11 is 3.08. The highest BCUT2D eigenvalue weighted by molar-refractivity contribution is 7.18. The quantitative estimate of drug-likeness (QED) is 0.159. The third-order valence-electron chi connectivity index (χ3n) is 13.1. The third-order valence-corrected chi connectivity index (χ3v) is 15.1. The van der Waals surface area contributed by atoms with Crippen molar-refractivity contribution in [2.24, 2.45) is 0 Å². The maximum absolute atomic E-state index is 5.15. The van der Waals surface area contributed by atoms with E-state index >= 15 is 0 Å². The molecule has 0 saturated heterocycles. The molecule has 0 atom stereocenters. The Morgan fingerprint density at radius 1 is 0.297 bits per heavy atom. The van der Waals surface area contributed by atoms with Gasteiger partial charge in [0.15, 0.2) is 10.0 Å². The predicted octanol–water partition coefficient (Wildman–Crippen LogP) is 14.5. The lowest BCUT2D eigenvalue weighted by molar-refractivity contribution is 0.660. The maximum Gasteiger partial charge on any atom is 0.166 e. The number of rotatable bonds is 7. The Bertz CT molecular complexity index is 3270. The zero-order valence-corrected chi connectivity index (χ0v) is 37.3. The highest BCUT2D eigenvalue weighted by Gasteiger charge is 2.36. The zero-order chi connectivity index (χ0) is 43.2. The van der Waals surface area contributed by atoms with E-state index in [4.69, 9.17) is 30.4 Å². The van der Waals surface area contributed by atoms with E-state index in [0.29, 0.717) is 0 Å². The molecule has 0 aliphatic heterocycles. The van der Waals surface area contributed by atoms with Crippen molar-refractivity contribution >= 4 is 22.7 Å². The number of nitrogens with zero attached hydrogens (tertiary/aromatic N) is 6. The molecule has 0 unspecified atom stereocenters. The predicted molar refractivity (Wildman–Crippen MR) is 262 cm³/mol. The van der Waals surface area contributed by atoms with Gasteiger partial charge in [-0.05, 0) is 110 Å². The van der Waals surface area contributed by atoms with E-state index in [9.17, 15) is 0 Å². The number of fused-ring (bicyclic) bond motifs is 6. The second-order valence-electron chi connectivity index (χ2n) is 17.7. The van der Waals surface area contributed by atoms with Crippen molar-refractivity contribution in [1.29, 1.82) is 0 Å². The van der Waals surface area contributed by atoms with E-state index in [1.165, 1.54) is 44.5 Å². The SMILES string of the molecule is CC1(C)c2ccccc2-c2ccc(-c3cccc(-c4nnc(-c5cc(-c6ccccc6)cc(-c6nnc(-c7cccc(-c8ccc9c(c8)C(C)(C)c8ccccc8-9)n7)s6)c5)s4)n3)cc21. The molecule has 6 nitrogen and oxygen atoms in total. The molecule has 6 aromatic carbocycles. The molecular weight excluding hydrogens is 821 g/mol. The Morgan fingerprint density at radius 3 is 1.20 bits per heavy atom. The van der Waals surface area contributed by atoms with Gasteiger partial charge >= 0.3 is 0 Å². The van der Waals surface area contributed by atoms with Crippen LogP contribution in [-0.2, 0) is 10.8 Å². The lowest BCUT2D eigenvalue weighted by Crippen LogP contribution is -2.14. The first-order valence-corrected chi connectivity index (χ1v) is 23.1. The van der Waals surface area contributed by atoms with Gasteiger partial charge < -0.3 is 0 Å². The van der Waals surface area contributed by atoms with Crippen LogP contribution in [0.2, 0.25) is 0 Å². The van der Waals surface area contributed by atoms with Crippen LogP contribution in [0.1, 0.15) is 49.9 Å². The van der Waals surface area contributed by atoms with Gasteiger partial charge in [-0.15, -0.1) is 20.4 Å². The summed E-state index contributed by atoms with van der Waals surface area (Å²) in [6.45, 7) is 9.23. The molecule has 12 rings (SSSR count). The number of pyridine rings is 2. The molecule has 0 spiro atoms. The second kappa shape index (κ2) is 14.7.